The van der Waals surface area contributed by atoms with E-state index in [0.29, 0.717) is 12.1 Å². The fourth-order valence-corrected chi connectivity index (χ4v) is 3.76. The van der Waals surface area contributed by atoms with Crippen LogP contribution in [0.25, 0.3) is 0 Å². The molecule has 0 saturated carbocycles. The van der Waals surface area contributed by atoms with E-state index in [4.69, 9.17) is 0 Å². The summed E-state index contributed by atoms with van der Waals surface area (Å²) in [5.74, 6) is 0. The van der Waals surface area contributed by atoms with Crippen molar-refractivity contribution in [1.29, 1.82) is 0 Å². The summed E-state index contributed by atoms with van der Waals surface area (Å²) in [6, 6.07) is 8.85. The third-order valence-electron chi connectivity index (χ3n) is 3.75. The van der Waals surface area contributed by atoms with Crippen molar-refractivity contribution < 1.29 is 0 Å². The average molecular weight is 349 g/mol. The summed E-state index contributed by atoms with van der Waals surface area (Å²) < 4.78 is 0. The average Bonchev–Trinajstić information content (AvgIpc) is 2.85. The van der Waals surface area contributed by atoms with Gasteiger partial charge in [0, 0.05) is 38.9 Å². The fraction of sp³-hybridized carbons (Fsp3) is 0.588. The predicted octanol–water partition coefficient (Wildman–Crippen LogP) is 4.19. The molecule has 1 heterocycles. The maximum absolute atomic E-state index is 4.64. The van der Waals surface area contributed by atoms with Gasteiger partial charge < -0.3 is 9.80 Å². The van der Waals surface area contributed by atoms with Gasteiger partial charge in [0.15, 0.2) is 5.17 Å². The zero-order valence-corrected chi connectivity index (χ0v) is 16.4. The Kier molecular flexibility index (Phi) is 6.10. The van der Waals surface area contributed by atoms with Gasteiger partial charge in [0.2, 0.25) is 5.50 Å². The predicted molar refractivity (Wildman–Crippen MR) is 104 cm³/mol. The van der Waals surface area contributed by atoms with E-state index in [9.17, 15) is 0 Å². The van der Waals surface area contributed by atoms with Gasteiger partial charge in [-0.25, -0.2) is 0 Å². The molecule has 0 aromatic heterocycles. The summed E-state index contributed by atoms with van der Waals surface area (Å²) in [5, 5.41) is 16.4. The molecular formula is C17H28N6S. The van der Waals surface area contributed by atoms with Crippen molar-refractivity contribution in [3.63, 3.8) is 0 Å². The van der Waals surface area contributed by atoms with E-state index in [0.717, 1.165) is 16.5 Å². The number of hydrogen-bond donors (Lipinski definition) is 0. The maximum atomic E-state index is 4.64. The minimum atomic E-state index is -0.117. The second kappa shape index (κ2) is 7.88. The van der Waals surface area contributed by atoms with Crippen molar-refractivity contribution in [3.8, 4) is 0 Å². The summed E-state index contributed by atoms with van der Waals surface area (Å²) in [4.78, 5) is 4.37. The Morgan fingerprint density at radius 1 is 1.08 bits per heavy atom. The van der Waals surface area contributed by atoms with Gasteiger partial charge in [0.1, 0.15) is 0 Å². The molecule has 0 bridgehead atoms. The van der Waals surface area contributed by atoms with Gasteiger partial charge >= 0.3 is 0 Å². The normalized spacial score (nSPS) is 18.0. The fourth-order valence-electron chi connectivity index (χ4n) is 2.56. The van der Waals surface area contributed by atoms with E-state index >= 15 is 0 Å². The first kappa shape index (κ1) is 18.6. The second-order valence-corrected chi connectivity index (χ2v) is 7.64. The zero-order chi connectivity index (χ0) is 17.9. The molecule has 1 aromatic carbocycles. The molecule has 1 aliphatic heterocycles. The monoisotopic (exact) mass is 348 g/mol. The SMILES string of the molecule is CC(C)N(C1=NN(C)C(N=Nc2ccc(N(C)C)cc2)S1)C(C)C. The molecule has 1 unspecified atom stereocenters. The van der Waals surface area contributed by atoms with Gasteiger partial charge in [-0.05, 0) is 63.7 Å². The van der Waals surface area contributed by atoms with E-state index < -0.39 is 0 Å². The van der Waals surface area contributed by atoms with E-state index in [1.165, 1.54) is 0 Å². The molecule has 1 atom stereocenters. The van der Waals surface area contributed by atoms with Crippen molar-refractivity contribution in [3.05, 3.63) is 24.3 Å². The number of azo groups is 1. The minimum Gasteiger partial charge on any atom is -0.378 e. The number of rotatable bonds is 5. The quantitative estimate of drug-likeness (QED) is 0.749. The second-order valence-electron chi connectivity index (χ2n) is 6.62. The largest absolute Gasteiger partial charge is 0.378 e. The molecule has 0 saturated heterocycles. The van der Waals surface area contributed by atoms with Gasteiger partial charge in [-0.1, -0.05) is 0 Å². The van der Waals surface area contributed by atoms with Crippen LogP contribution in [0.15, 0.2) is 39.6 Å². The lowest BCUT2D eigenvalue weighted by molar-refractivity contribution is 0.285. The summed E-state index contributed by atoms with van der Waals surface area (Å²) in [7, 11) is 5.99. The highest BCUT2D eigenvalue weighted by atomic mass is 32.2. The minimum absolute atomic E-state index is 0.117. The summed E-state index contributed by atoms with van der Waals surface area (Å²) >= 11 is 1.64. The van der Waals surface area contributed by atoms with E-state index in [2.05, 4.69) is 52.8 Å². The van der Waals surface area contributed by atoms with Gasteiger partial charge in [0.05, 0.1) is 5.69 Å². The Labute approximate surface area is 149 Å². The molecule has 24 heavy (non-hydrogen) atoms. The topological polar surface area (TPSA) is 46.8 Å². The lowest BCUT2D eigenvalue weighted by atomic mass is 10.2. The van der Waals surface area contributed by atoms with Crippen LogP contribution < -0.4 is 4.90 Å². The number of benzene rings is 1. The Bertz CT molecular complexity index is 586. The van der Waals surface area contributed by atoms with E-state index in [1.807, 2.05) is 50.4 Å². The number of hydrazone groups is 1. The molecule has 6 nitrogen and oxygen atoms in total. The summed E-state index contributed by atoms with van der Waals surface area (Å²) in [6.45, 7) is 8.74. The Hall–Kier alpha value is -1.76. The van der Waals surface area contributed by atoms with Crippen LogP contribution in [-0.2, 0) is 0 Å². The van der Waals surface area contributed by atoms with Gasteiger partial charge in [-0.3, -0.25) is 5.01 Å². The third kappa shape index (κ3) is 4.41. The molecule has 0 aliphatic carbocycles. The molecule has 1 aliphatic rings. The maximum Gasteiger partial charge on any atom is 0.211 e. The standard InChI is InChI=1S/C17H28N6S/c1-12(2)23(13(3)4)17-20-22(7)16(24-17)19-18-14-8-10-15(11-9-14)21(5)6/h8-13,16H,1-7H3. The Balaban J connectivity index is 2.04. The van der Waals surface area contributed by atoms with Gasteiger partial charge in [0.25, 0.3) is 0 Å². The first-order chi connectivity index (χ1) is 11.3. The molecule has 1 aromatic rings. The van der Waals surface area contributed by atoms with Crippen LogP contribution in [0.3, 0.4) is 0 Å². The van der Waals surface area contributed by atoms with Crippen molar-refractivity contribution >= 4 is 28.3 Å². The van der Waals surface area contributed by atoms with Crippen LogP contribution in [0.1, 0.15) is 27.7 Å². The third-order valence-corrected chi connectivity index (χ3v) is 4.86. The number of hydrogen-bond acceptors (Lipinski definition) is 7. The molecule has 0 spiro atoms. The van der Waals surface area contributed by atoms with Crippen LogP contribution in [0.4, 0.5) is 11.4 Å². The highest BCUT2D eigenvalue weighted by Gasteiger charge is 2.30. The number of thioether (sulfide) groups is 1. The Morgan fingerprint density at radius 2 is 1.67 bits per heavy atom. The van der Waals surface area contributed by atoms with E-state index in [-0.39, 0.29) is 5.50 Å². The molecule has 0 fully saturated rings. The van der Waals surface area contributed by atoms with Crippen LogP contribution >= 0.6 is 11.8 Å². The van der Waals surface area contributed by atoms with Crippen LogP contribution in [0.5, 0.6) is 0 Å². The lowest BCUT2D eigenvalue weighted by Gasteiger charge is -2.31. The highest BCUT2D eigenvalue weighted by molar-refractivity contribution is 8.14. The molecule has 7 heteroatoms. The van der Waals surface area contributed by atoms with Gasteiger partial charge in [-0.15, -0.1) is 10.2 Å². The summed E-state index contributed by atoms with van der Waals surface area (Å²) in [5.41, 5.74) is 1.89. The molecule has 132 valence electrons. The van der Waals surface area contributed by atoms with Crippen LogP contribution in [0, 0.1) is 0 Å². The zero-order valence-electron chi connectivity index (χ0n) is 15.6. The van der Waals surface area contributed by atoms with Crippen molar-refractivity contribution in [1.82, 2.24) is 9.91 Å². The molecular weight excluding hydrogens is 320 g/mol. The number of nitrogens with zero attached hydrogens (tertiary/aromatic N) is 6. The molecule has 0 N–H and O–H groups in total. The lowest BCUT2D eigenvalue weighted by Crippen LogP contribution is -2.40. The smallest absolute Gasteiger partial charge is 0.211 e. The highest BCUT2D eigenvalue weighted by Crippen LogP contribution is 2.30. The van der Waals surface area contributed by atoms with Crippen molar-refractivity contribution in [2.45, 2.75) is 45.3 Å². The van der Waals surface area contributed by atoms with E-state index in [1.54, 1.807) is 11.8 Å². The van der Waals surface area contributed by atoms with Gasteiger partial charge in [-0.2, -0.15) is 5.11 Å². The van der Waals surface area contributed by atoms with Crippen molar-refractivity contribution in [2.24, 2.45) is 15.3 Å². The molecule has 2 rings (SSSR count). The first-order valence-electron chi connectivity index (χ1n) is 8.24. The summed E-state index contributed by atoms with van der Waals surface area (Å²) in [6.07, 6.45) is 0. The molecule has 0 radical (unpaired) electrons. The van der Waals surface area contributed by atoms with Crippen molar-refractivity contribution in [2.75, 3.05) is 26.0 Å². The number of amidine groups is 1. The first-order valence-corrected chi connectivity index (χ1v) is 9.12. The van der Waals surface area contributed by atoms with Crippen LogP contribution in [-0.4, -0.2) is 53.8 Å². The number of anilines is 1. The molecule has 0 amide bonds. The van der Waals surface area contributed by atoms with Crippen LogP contribution in [0.2, 0.25) is 0 Å². The Morgan fingerprint density at radius 3 is 2.17 bits per heavy atom.